The van der Waals surface area contributed by atoms with Gasteiger partial charge < -0.3 is 0 Å². The first-order valence-electron chi connectivity index (χ1n) is 8.47. The maximum atomic E-state index is 2.37. The molecule has 0 aromatic rings. The molecule has 0 aliphatic heterocycles. The van der Waals surface area contributed by atoms with Gasteiger partial charge in [-0.3, -0.25) is 0 Å². The molecule has 0 amide bonds. The first-order valence-corrected chi connectivity index (χ1v) is 9.63. The Balaban J connectivity index is 3.14. The summed E-state index contributed by atoms with van der Waals surface area (Å²) in [4.78, 5) is 0. The molecule has 0 saturated carbocycles. The van der Waals surface area contributed by atoms with Crippen LogP contribution < -0.4 is 0 Å². The Morgan fingerprint density at radius 1 is 0.579 bits per heavy atom. The van der Waals surface area contributed by atoms with Gasteiger partial charge in [-0.1, -0.05) is 97.6 Å². The Bertz CT molecular complexity index is 184. The fraction of sp³-hybridized carbons (Fsp3) is 0.778. The van der Waals surface area contributed by atoms with Crippen molar-refractivity contribution in [3.63, 3.8) is 0 Å². The molecule has 0 saturated heterocycles. The molecule has 0 fully saturated rings. The fourth-order valence-electron chi connectivity index (χ4n) is 2.09. The molecule has 0 N–H and O–H groups in total. The first kappa shape index (κ1) is 18.9. The summed E-state index contributed by atoms with van der Waals surface area (Å²) in [6.45, 7) is 4.55. The second-order valence-electron chi connectivity index (χ2n) is 5.38. The predicted molar refractivity (Wildman–Crippen MR) is 93.3 cm³/mol. The third-order valence-electron chi connectivity index (χ3n) is 3.38. The van der Waals surface area contributed by atoms with E-state index < -0.39 is 0 Å². The zero-order valence-corrected chi connectivity index (χ0v) is 14.3. The van der Waals surface area contributed by atoms with Gasteiger partial charge in [-0.25, -0.2) is 0 Å². The zero-order chi connectivity index (χ0) is 14.0. The van der Waals surface area contributed by atoms with Gasteiger partial charge in [-0.15, -0.1) is 0 Å². The van der Waals surface area contributed by atoms with E-state index in [2.05, 4.69) is 37.6 Å². The highest BCUT2D eigenvalue weighted by Crippen LogP contribution is 2.16. The highest BCUT2D eigenvalue weighted by molar-refractivity contribution is 7.45. The predicted octanol–water partition coefficient (Wildman–Crippen LogP) is 7.41. The molecule has 0 spiro atoms. The summed E-state index contributed by atoms with van der Waals surface area (Å²) in [6, 6.07) is 0. The summed E-state index contributed by atoms with van der Waals surface area (Å²) in [7, 11) is 0.896. The van der Waals surface area contributed by atoms with Gasteiger partial charge in [0.2, 0.25) is 0 Å². The van der Waals surface area contributed by atoms with Gasteiger partial charge in [0.05, 0.1) is 0 Å². The Morgan fingerprint density at radius 3 is 1.42 bits per heavy atom. The van der Waals surface area contributed by atoms with E-state index in [1.807, 2.05) is 0 Å². The van der Waals surface area contributed by atoms with Crippen LogP contribution >= 0.6 is 8.58 Å². The molecule has 0 bridgehead atoms. The van der Waals surface area contributed by atoms with Crippen molar-refractivity contribution in [1.82, 2.24) is 0 Å². The lowest BCUT2D eigenvalue weighted by molar-refractivity contribution is 0.637. The van der Waals surface area contributed by atoms with E-state index in [1.165, 1.54) is 77.0 Å². The Labute approximate surface area is 123 Å². The molecule has 19 heavy (non-hydrogen) atoms. The van der Waals surface area contributed by atoms with Gasteiger partial charge >= 0.3 is 0 Å². The van der Waals surface area contributed by atoms with Crippen LogP contribution in [0.2, 0.25) is 0 Å². The molecule has 0 aliphatic carbocycles. The standard InChI is InChI=1S/C18H35P/c1-3-5-7-9-11-13-15-17-19-18-16-14-12-10-8-6-4-2/h15-19H,3-14H2,1-2H3/b17-15+,18-16+. The van der Waals surface area contributed by atoms with Crippen molar-refractivity contribution >= 4 is 8.58 Å². The van der Waals surface area contributed by atoms with E-state index in [0.717, 1.165) is 8.58 Å². The van der Waals surface area contributed by atoms with Crippen molar-refractivity contribution in [2.24, 2.45) is 0 Å². The minimum Gasteiger partial charge on any atom is -0.0840 e. The average molecular weight is 282 g/mol. The van der Waals surface area contributed by atoms with Gasteiger partial charge in [0, 0.05) is 0 Å². The first-order chi connectivity index (χ1) is 9.41. The molecule has 0 atom stereocenters. The number of hydrogen-bond acceptors (Lipinski definition) is 0. The van der Waals surface area contributed by atoms with Crippen LogP contribution in [0.5, 0.6) is 0 Å². The van der Waals surface area contributed by atoms with Gasteiger partial charge in [-0.05, 0) is 25.7 Å². The van der Waals surface area contributed by atoms with Crippen LogP contribution in [-0.2, 0) is 0 Å². The topological polar surface area (TPSA) is 0 Å². The van der Waals surface area contributed by atoms with Crippen LogP contribution in [0.15, 0.2) is 23.8 Å². The van der Waals surface area contributed by atoms with E-state index in [4.69, 9.17) is 0 Å². The van der Waals surface area contributed by atoms with Crippen LogP contribution in [0.25, 0.3) is 0 Å². The second kappa shape index (κ2) is 17.9. The lowest BCUT2D eigenvalue weighted by Gasteiger charge is -1.96. The fourth-order valence-corrected chi connectivity index (χ4v) is 2.81. The SMILES string of the molecule is CCCCCCC/C=C/P/C=C/CCCCCCC. The third kappa shape index (κ3) is 17.9. The molecule has 0 heterocycles. The zero-order valence-electron chi connectivity index (χ0n) is 13.3. The van der Waals surface area contributed by atoms with Crippen LogP contribution in [0, 0.1) is 0 Å². The summed E-state index contributed by atoms with van der Waals surface area (Å²) in [6.07, 6.45) is 21.2. The van der Waals surface area contributed by atoms with E-state index in [1.54, 1.807) is 0 Å². The molecule has 0 nitrogen and oxygen atoms in total. The van der Waals surface area contributed by atoms with Gasteiger partial charge in [-0.2, -0.15) is 0 Å². The molecular formula is C18H35P. The van der Waals surface area contributed by atoms with E-state index >= 15 is 0 Å². The summed E-state index contributed by atoms with van der Waals surface area (Å²) < 4.78 is 0. The summed E-state index contributed by atoms with van der Waals surface area (Å²) in [5, 5.41) is 0. The summed E-state index contributed by atoms with van der Waals surface area (Å²) in [5.74, 6) is 4.71. The monoisotopic (exact) mass is 282 g/mol. The number of rotatable bonds is 14. The Morgan fingerprint density at radius 2 is 1.00 bits per heavy atom. The lowest BCUT2D eigenvalue weighted by atomic mass is 10.1. The molecular weight excluding hydrogens is 247 g/mol. The smallest absolute Gasteiger partial charge is 0.0347 e. The van der Waals surface area contributed by atoms with Crippen molar-refractivity contribution in [2.45, 2.75) is 90.9 Å². The lowest BCUT2D eigenvalue weighted by Crippen LogP contribution is -1.75. The number of hydrogen-bond donors (Lipinski definition) is 0. The molecule has 0 aromatic carbocycles. The molecule has 0 radical (unpaired) electrons. The van der Waals surface area contributed by atoms with Crippen LogP contribution in [0.1, 0.15) is 90.9 Å². The number of unbranched alkanes of at least 4 members (excludes halogenated alkanes) is 10. The van der Waals surface area contributed by atoms with Crippen molar-refractivity contribution in [3.05, 3.63) is 23.8 Å². The van der Waals surface area contributed by atoms with Gasteiger partial charge in [0.15, 0.2) is 0 Å². The highest BCUT2D eigenvalue weighted by Gasteiger charge is 1.87. The molecule has 0 aliphatic rings. The summed E-state index contributed by atoms with van der Waals surface area (Å²) >= 11 is 0. The molecule has 112 valence electrons. The van der Waals surface area contributed by atoms with E-state index in [9.17, 15) is 0 Å². The highest BCUT2D eigenvalue weighted by atomic mass is 31.1. The maximum Gasteiger partial charge on any atom is -0.0347 e. The van der Waals surface area contributed by atoms with E-state index in [0.29, 0.717) is 0 Å². The Hall–Kier alpha value is -0.0900. The summed E-state index contributed by atoms with van der Waals surface area (Å²) in [5.41, 5.74) is 0. The second-order valence-corrected chi connectivity index (χ2v) is 6.38. The quantitative estimate of drug-likeness (QED) is 0.230. The van der Waals surface area contributed by atoms with Crippen molar-refractivity contribution in [3.8, 4) is 0 Å². The minimum absolute atomic E-state index is 0.896. The molecule has 0 aromatic heterocycles. The van der Waals surface area contributed by atoms with Crippen LogP contribution in [0.4, 0.5) is 0 Å². The minimum atomic E-state index is 0.896. The van der Waals surface area contributed by atoms with Crippen molar-refractivity contribution in [1.29, 1.82) is 0 Å². The van der Waals surface area contributed by atoms with Gasteiger partial charge in [0.1, 0.15) is 0 Å². The van der Waals surface area contributed by atoms with Crippen molar-refractivity contribution < 1.29 is 0 Å². The average Bonchev–Trinajstić information content (AvgIpc) is 2.43. The van der Waals surface area contributed by atoms with Crippen LogP contribution in [0.3, 0.4) is 0 Å². The normalized spacial score (nSPS) is 11.9. The maximum absolute atomic E-state index is 2.37. The molecule has 0 rings (SSSR count). The number of allylic oxidation sites excluding steroid dienone is 2. The van der Waals surface area contributed by atoms with Gasteiger partial charge in [0.25, 0.3) is 0 Å². The third-order valence-corrected chi connectivity index (χ3v) is 4.23. The van der Waals surface area contributed by atoms with Crippen molar-refractivity contribution in [2.75, 3.05) is 0 Å². The van der Waals surface area contributed by atoms with E-state index in [-0.39, 0.29) is 0 Å². The molecule has 1 heteroatoms. The molecule has 0 unspecified atom stereocenters. The largest absolute Gasteiger partial charge is 0.0840 e. The van der Waals surface area contributed by atoms with Crippen LogP contribution in [-0.4, -0.2) is 0 Å². The Kier molecular flexibility index (Phi) is 17.8.